The van der Waals surface area contributed by atoms with E-state index in [1.54, 1.807) is 4.57 Å². The molecule has 2 heterocycles. The summed E-state index contributed by atoms with van der Waals surface area (Å²) in [5.41, 5.74) is 0.299. The Morgan fingerprint density at radius 1 is 1.57 bits per heavy atom. The van der Waals surface area contributed by atoms with Crippen molar-refractivity contribution in [3.05, 3.63) is 18.0 Å². The van der Waals surface area contributed by atoms with Gasteiger partial charge < -0.3 is 14.6 Å². The number of aromatic nitrogens is 1. The summed E-state index contributed by atoms with van der Waals surface area (Å²) in [6.45, 7) is 4.27. The monoisotopic (exact) mass is 334 g/mol. The van der Waals surface area contributed by atoms with Crippen molar-refractivity contribution >= 4 is 25.6 Å². The lowest BCUT2D eigenvalue weighted by Crippen LogP contribution is -2.34. The van der Waals surface area contributed by atoms with Gasteiger partial charge in [0.05, 0.1) is 6.61 Å². The van der Waals surface area contributed by atoms with E-state index in [9.17, 15) is 13.2 Å². The molecule has 8 heteroatoms. The Bertz CT molecular complexity index is 606. The Balaban J connectivity index is 2.05. The molecule has 0 radical (unpaired) electrons. The van der Waals surface area contributed by atoms with Crippen molar-refractivity contribution in [1.82, 2.24) is 9.88 Å². The lowest BCUT2D eigenvalue weighted by atomic mass is 10.0. The quantitative estimate of drug-likeness (QED) is 0.829. The van der Waals surface area contributed by atoms with E-state index in [2.05, 4.69) is 5.32 Å². The molecule has 1 aromatic heterocycles. The average Bonchev–Trinajstić information content (AvgIpc) is 2.90. The number of carbonyl (C=O) groups is 1. The van der Waals surface area contributed by atoms with Crippen LogP contribution in [0.15, 0.2) is 17.2 Å². The van der Waals surface area contributed by atoms with Gasteiger partial charge in [0, 0.05) is 36.6 Å². The van der Waals surface area contributed by atoms with Crippen LogP contribution in [-0.2, 0) is 20.3 Å². The van der Waals surface area contributed by atoms with Crippen LogP contribution >= 0.6 is 10.7 Å². The molecule has 118 valence electrons. The van der Waals surface area contributed by atoms with Crippen LogP contribution in [0, 0.1) is 5.92 Å². The molecule has 21 heavy (non-hydrogen) atoms. The molecule has 0 aliphatic carbocycles. The lowest BCUT2D eigenvalue weighted by Gasteiger charge is -2.22. The molecule has 6 nitrogen and oxygen atoms in total. The van der Waals surface area contributed by atoms with Crippen molar-refractivity contribution in [1.29, 1.82) is 0 Å². The van der Waals surface area contributed by atoms with Gasteiger partial charge in [-0.15, -0.1) is 0 Å². The van der Waals surface area contributed by atoms with Gasteiger partial charge in [0.15, 0.2) is 0 Å². The van der Waals surface area contributed by atoms with Gasteiger partial charge in [-0.1, -0.05) is 0 Å². The van der Waals surface area contributed by atoms with E-state index in [0.29, 0.717) is 31.3 Å². The maximum Gasteiger partial charge on any atom is 0.267 e. The molecular formula is C13H19ClN2O4S. The largest absolute Gasteiger partial charge is 0.381 e. The van der Waals surface area contributed by atoms with Crippen molar-refractivity contribution in [3.63, 3.8) is 0 Å². The Hall–Kier alpha value is -1.05. The van der Waals surface area contributed by atoms with Crippen molar-refractivity contribution in [2.45, 2.75) is 31.2 Å². The fourth-order valence-corrected chi connectivity index (χ4v) is 3.12. The van der Waals surface area contributed by atoms with Crippen molar-refractivity contribution in [3.8, 4) is 0 Å². The number of amides is 1. The predicted octanol–water partition coefficient (Wildman–Crippen LogP) is 1.59. The van der Waals surface area contributed by atoms with Gasteiger partial charge >= 0.3 is 0 Å². The van der Waals surface area contributed by atoms with Crippen molar-refractivity contribution < 1.29 is 17.9 Å². The molecule has 1 atom stereocenters. The second-order valence-electron chi connectivity index (χ2n) is 5.08. The van der Waals surface area contributed by atoms with Crippen molar-refractivity contribution in [2.24, 2.45) is 5.92 Å². The summed E-state index contributed by atoms with van der Waals surface area (Å²) >= 11 is 0. The van der Waals surface area contributed by atoms with Crippen LogP contribution in [0.4, 0.5) is 0 Å². The number of nitrogens with one attached hydrogen (secondary N) is 1. The number of hydrogen-bond acceptors (Lipinski definition) is 4. The summed E-state index contributed by atoms with van der Waals surface area (Å²) in [5.74, 6) is 0.0120. The van der Waals surface area contributed by atoms with Crippen LogP contribution in [0.2, 0.25) is 0 Å². The number of nitrogens with zero attached hydrogens (tertiary/aromatic N) is 1. The zero-order chi connectivity index (χ0) is 15.5. The van der Waals surface area contributed by atoms with Gasteiger partial charge in [-0.2, -0.15) is 0 Å². The van der Waals surface area contributed by atoms with E-state index in [0.717, 1.165) is 19.4 Å². The van der Waals surface area contributed by atoms with Crippen LogP contribution in [0.1, 0.15) is 30.3 Å². The summed E-state index contributed by atoms with van der Waals surface area (Å²) in [7, 11) is 1.48. The van der Waals surface area contributed by atoms with Crippen LogP contribution in [0.25, 0.3) is 0 Å². The van der Waals surface area contributed by atoms with Gasteiger partial charge in [0.25, 0.3) is 15.0 Å². The second-order valence-corrected chi connectivity index (χ2v) is 7.64. The number of ether oxygens (including phenoxy) is 1. The highest BCUT2D eigenvalue weighted by atomic mass is 35.7. The van der Waals surface area contributed by atoms with Crippen LogP contribution in [-0.4, -0.2) is 38.7 Å². The van der Waals surface area contributed by atoms with Gasteiger partial charge in [-0.05, 0) is 31.7 Å². The first-order valence-electron chi connectivity index (χ1n) is 6.92. The van der Waals surface area contributed by atoms with E-state index in [1.165, 1.54) is 12.3 Å². The predicted molar refractivity (Wildman–Crippen MR) is 79.0 cm³/mol. The van der Waals surface area contributed by atoms with Gasteiger partial charge in [-0.25, -0.2) is 8.42 Å². The van der Waals surface area contributed by atoms with E-state index in [1.807, 2.05) is 6.92 Å². The van der Waals surface area contributed by atoms with Crippen LogP contribution in [0.3, 0.4) is 0 Å². The third-order valence-corrected chi connectivity index (χ3v) is 4.85. The highest BCUT2D eigenvalue weighted by Crippen LogP contribution is 2.19. The smallest absolute Gasteiger partial charge is 0.267 e. The fourth-order valence-electron chi connectivity index (χ4n) is 2.36. The molecular weight excluding hydrogens is 316 g/mol. The van der Waals surface area contributed by atoms with E-state index < -0.39 is 9.05 Å². The molecule has 1 aliphatic rings. The van der Waals surface area contributed by atoms with Crippen LogP contribution in [0.5, 0.6) is 0 Å². The molecule has 1 unspecified atom stereocenters. The second kappa shape index (κ2) is 6.81. The van der Waals surface area contributed by atoms with Gasteiger partial charge in [0.1, 0.15) is 10.6 Å². The standard InChI is InChI=1S/C13H19ClN2O4S/c1-2-16-8-11(21(14,18)19)6-12(16)13(17)15-7-10-4-3-5-20-9-10/h6,8,10H,2-5,7,9H2,1H3,(H,15,17). The first-order valence-corrected chi connectivity index (χ1v) is 9.23. The van der Waals surface area contributed by atoms with E-state index in [-0.39, 0.29) is 10.8 Å². The first-order chi connectivity index (χ1) is 9.91. The molecule has 1 saturated heterocycles. The molecule has 1 aliphatic heterocycles. The maximum absolute atomic E-state index is 12.2. The average molecular weight is 335 g/mol. The Labute approximate surface area is 128 Å². The summed E-state index contributed by atoms with van der Waals surface area (Å²) in [4.78, 5) is 12.1. The minimum atomic E-state index is -3.83. The SMILES string of the molecule is CCn1cc(S(=O)(=O)Cl)cc1C(=O)NCC1CCCOC1. The normalized spacial score (nSPS) is 19.4. The number of hydrogen-bond donors (Lipinski definition) is 1. The molecule has 1 fully saturated rings. The minimum absolute atomic E-state index is 0.0582. The van der Waals surface area contributed by atoms with E-state index in [4.69, 9.17) is 15.4 Å². The van der Waals surface area contributed by atoms with Crippen LogP contribution < -0.4 is 5.32 Å². The third-order valence-electron chi connectivity index (χ3n) is 3.53. The molecule has 1 amide bonds. The zero-order valence-electron chi connectivity index (χ0n) is 11.8. The Morgan fingerprint density at radius 2 is 2.33 bits per heavy atom. The Kier molecular flexibility index (Phi) is 5.29. The number of halogens is 1. The van der Waals surface area contributed by atoms with E-state index >= 15 is 0 Å². The lowest BCUT2D eigenvalue weighted by molar-refractivity contribution is 0.0535. The highest BCUT2D eigenvalue weighted by molar-refractivity contribution is 8.13. The summed E-state index contributed by atoms with van der Waals surface area (Å²) in [6, 6.07) is 1.30. The third kappa shape index (κ3) is 4.21. The molecule has 0 spiro atoms. The summed E-state index contributed by atoms with van der Waals surface area (Å²) in [5, 5.41) is 2.83. The van der Waals surface area contributed by atoms with Gasteiger partial charge in [-0.3, -0.25) is 4.79 Å². The molecule has 0 saturated carbocycles. The van der Waals surface area contributed by atoms with Gasteiger partial charge in [0.2, 0.25) is 0 Å². The summed E-state index contributed by atoms with van der Waals surface area (Å²) < 4.78 is 29.6. The molecule has 0 aromatic carbocycles. The minimum Gasteiger partial charge on any atom is -0.381 e. The summed E-state index contributed by atoms with van der Waals surface area (Å²) in [6.07, 6.45) is 3.40. The highest BCUT2D eigenvalue weighted by Gasteiger charge is 2.20. The van der Waals surface area contributed by atoms with Crippen molar-refractivity contribution in [2.75, 3.05) is 19.8 Å². The molecule has 1 aromatic rings. The number of rotatable bonds is 5. The maximum atomic E-state index is 12.2. The number of aryl methyl sites for hydroxylation is 1. The molecule has 0 bridgehead atoms. The molecule has 2 rings (SSSR count). The molecule has 1 N–H and O–H groups in total. The fraction of sp³-hybridized carbons (Fsp3) is 0.615. The topological polar surface area (TPSA) is 77.4 Å². The first kappa shape index (κ1) is 16.3. The number of carbonyl (C=O) groups excluding carboxylic acids is 1. The Morgan fingerprint density at radius 3 is 2.90 bits per heavy atom. The zero-order valence-corrected chi connectivity index (χ0v) is 13.4.